The Hall–Kier alpha value is -0.410. The van der Waals surface area contributed by atoms with E-state index >= 15 is 0 Å². The molecule has 2 rings (SSSR count). The maximum Gasteiger partial charge on any atom is 0.0962 e. The van der Waals surface area contributed by atoms with Gasteiger partial charge in [-0.15, -0.1) is 11.3 Å². The molecule has 1 aliphatic carbocycles. The van der Waals surface area contributed by atoms with Crippen LogP contribution in [0.3, 0.4) is 0 Å². The minimum absolute atomic E-state index is 0.549. The highest BCUT2D eigenvalue weighted by molar-refractivity contribution is 7.11. The van der Waals surface area contributed by atoms with Crippen molar-refractivity contribution in [1.82, 2.24) is 10.3 Å². The fraction of sp³-hybridized carbons (Fsp3) is 0.786. The lowest BCUT2D eigenvalue weighted by Gasteiger charge is -2.11. The summed E-state index contributed by atoms with van der Waals surface area (Å²) in [7, 11) is 0. The van der Waals surface area contributed by atoms with Crippen molar-refractivity contribution < 1.29 is 0 Å². The molecule has 96 valence electrons. The highest BCUT2D eigenvalue weighted by atomic mass is 32.1. The summed E-state index contributed by atoms with van der Waals surface area (Å²) in [4.78, 5) is 6.31. The summed E-state index contributed by atoms with van der Waals surface area (Å²) in [5.41, 5.74) is 1.33. The summed E-state index contributed by atoms with van der Waals surface area (Å²) in [6, 6.07) is 0.599. The minimum Gasteiger partial charge on any atom is -0.309 e. The predicted octanol–water partition coefficient (Wildman–Crippen LogP) is 4.03. The van der Waals surface area contributed by atoms with Crippen LogP contribution in [0.5, 0.6) is 0 Å². The first kappa shape index (κ1) is 13.0. The molecule has 1 unspecified atom stereocenters. The van der Waals surface area contributed by atoms with Crippen LogP contribution < -0.4 is 5.32 Å². The van der Waals surface area contributed by atoms with Crippen LogP contribution in [0.2, 0.25) is 0 Å². The molecule has 2 nitrogen and oxygen atoms in total. The molecule has 0 spiro atoms. The van der Waals surface area contributed by atoms with E-state index < -0.39 is 0 Å². The van der Waals surface area contributed by atoms with Crippen LogP contribution in [0, 0.1) is 0 Å². The number of aromatic nitrogens is 1. The van der Waals surface area contributed by atoms with Gasteiger partial charge in [0.2, 0.25) is 0 Å². The van der Waals surface area contributed by atoms with Crippen molar-refractivity contribution >= 4 is 11.3 Å². The Kier molecular flexibility index (Phi) is 4.21. The standard InChI is InChI=1S/C14H24N2S/c1-5-10(4)15-8-12-13(9(2)3)16-14(17-12)11-6-7-11/h9-11,15H,5-8H2,1-4H3. The van der Waals surface area contributed by atoms with Crippen molar-refractivity contribution in [2.75, 3.05) is 0 Å². The SMILES string of the molecule is CCC(C)NCc1sc(C2CC2)nc1C(C)C. The fourth-order valence-electron chi connectivity index (χ4n) is 1.88. The summed E-state index contributed by atoms with van der Waals surface area (Å²) < 4.78 is 0. The Morgan fingerprint density at radius 1 is 1.35 bits per heavy atom. The van der Waals surface area contributed by atoms with Gasteiger partial charge in [0.25, 0.3) is 0 Å². The molecule has 1 fully saturated rings. The maximum atomic E-state index is 4.85. The van der Waals surface area contributed by atoms with E-state index in [1.165, 1.54) is 34.8 Å². The second kappa shape index (κ2) is 5.49. The van der Waals surface area contributed by atoms with Gasteiger partial charge in [0.15, 0.2) is 0 Å². The number of nitrogens with zero attached hydrogens (tertiary/aromatic N) is 1. The molecular formula is C14H24N2S. The van der Waals surface area contributed by atoms with Gasteiger partial charge < -0.3 is 5.32 Å². The van der Waals surface area contributed by atoms with Gasteiger partial charge in [-0.25, -0.2) is 4.98 Å². The highest BCUT2D eigenvalue weighted by Crippen LogP contribution is 2.43. The van der Waals surface area contributed by atoms with E-state index in [0.29, 0.717) is 12.0 Å². The van der Waals surface area contributed by atoms with Crippen molar-refractivity contribution in [3.63, 3.8) is 0 Å². The third-order valence-corrected chi connectivity index (χ3v) is 4.67. The van der Waals surface area contributed by atoms with Gasteiger partial charge in [0.05, 0.1) is 10.7 Å². The fourth-order valence-corrected chi connectivity index (χ4v) is 3.22. The first-order chi connectivity index (χ1) is 8.11. The lowest BCUT2D eigenvalue weighted by Crippen LogP contribution is -2.24. The van der Waals surface area contributed by atoms with E-state index in [1.807, 2.05) is 11.3 Å². The van der Waals surface area contributed by atoms with Crippen LogP contribution in [0.4, 0.5) is 0 Å². The Bertz CT molecular complexity index is 366. The third-order valence-electron chi connectivity index (χ3n) is 3.44. The molecule has 1 aromatic heterocycles. The smallest absolute Gasteiger partial charge is 0.0962 e. The van der Waals surface area contributed by atoms with Gasteiger partial charge in [-0.2, -0.15) is 0 Å². The zero-order valence-corrected chi connectivity index (χ0v) is 12.2. The molecule has 3 heteroatoms. The number of thiazole rings is 1. The molecular weight excluding hydrogens is 228 g/mol. The maximum absolute atomic E-state index is 4.85. The normalized spacial score (nSPS) is 17.7. The molecule has 0 saturated heterocycles. The van der Waals surface area contributed by atoms with Gasteiger partial charge in [-0.05, 0) is 32.1 Å². The quantitative estimate of drug-likeness (QED) is 0.826. The van der Waals surface area contributed by atoms with Crippen LogP contribution in [0.1, 0.15) is 74.4 Å². The van der Waals surface area contributed by atoms with Gasteiger partial charge in [-0.1, -0.05) is 20.8 Å². The van der Waals surface area contributed by atoms with Crippen molar-refractivity contribution in [3.8, 4) is 0 Å². The van der Waals surface area contributed by atoms with E-state index in [0.717, 1.165) is 12.5 Å². The largest absolute Gasteiger partial charge is 0.309 e. The monoisotopic (exact) mass is 252 g/mol. The topological polar surface area (TPSA) is 24.9 Å². The first-order valence-corrected chi connectivity index (χ1v) is 7.66. The average molecular weight is 252 g/mol. The third kappa shape index (κ3) is 3.29. The van der Waals surface area contributed by atoms with E-state index in [4.69, 9.17) is 4.98 Å². The molecule has 0 radical (unpaired) electrons. The zero-order valence-electron chi connectivity index (χ0n) is 11.4. The van der Waals surface area contributed by atoms with Crippen molar-refractivity contribution in [1.29, 1.82) is 0 Å². The number of hydrogen-bond donors (Lipinski definition) is 1. The first-order valence-electron chi connectivity index (χ1n) is 6.84. The van der Waals surface area contributed by atoms with E-state index in [-0.39, 0.29) is 0 Å². The second-order valence-corrected chi connectivity index (χ2v) is 6.59. The summed E-state index contributed by atoms with van der Waals surface area (Å²) in [5, 5.41) is 4.97. The van der Waals surface area contributed by atoms with Gasteiger partial charge in [-0.3, -0.25) is 0 Å². The van der Waals surface area contributed by atoms with Crippen LogP contribution in [0.15, 0.2) is 0 Å². The summed E-state index contributed by atoms with van der Waals surface area (Å²) >= 11 is 1.94. The molecule has 0 bridgehead atoms. The minimum atomic E-state index is 0.549. The molecule has 1 saturated carbocycles. The molecule has 0 aromatic carbocycles. The van der Waals surface area contributed by atoms with Crippen LogP contribution >= 0.6 is 11.3 Å². The number of nitrogens with one attached hydrogen (secondary N) is 1. The summed E-state index contributed by atoms with van der Waals surface area (Å²) in [5.74, 6) is 1.34. The second-order valence-electron chi connectivity index (χ2n) is 5.48. The van der Waals surface area contributed by atoms with Crippen LogP contribution in [0.25, 0.3) is 0 Å². The number of rotatable bonds is 6. The molecule has 17 heavy (non-hydrogen) atoms. The predicted molar refractivity (Wildman–Crippen MR) is 74.8 cm³/mol. The molecule has 1 aromatic rings. The average Bonchev–Trinajstić information content (AvgIpc) is 3.06. The summed E-state index contributed by atoms with van der Waals surface area (Å²) in [6.07, 6.45) is 3.89. The Morgan fingerprint density at radius 3 is 2.59 bits per heavy atom. The van der Waals surface area contributed by atoms with Gasteiger partial charge in [0, 0.05) is 23.4 Å². The van der Waals surface area contributed by atoms with Crippen LogP contribution in [-0.4, -0.2) is 11.0 Å². The van der Waals surface area contributed by atoms with Crippen molar-refractivity contribution in [3.05, 3.63) is 15.6 Å². The van der Waals surface area contributed by atoms with Gasteiger partial charge >= 0.3 is 0 Å². The van der Waals surface area contributed by atoms with E-state index in [1.54, 1.807) is 0 Å². The highest BCUT2D eigenvalue weighted by Gasteiger charge is 2.28. The summed E-state index contributed by atoms with van der Waals surface area (Å²) in [6.45, 7) is 9.96. The van der Waals surface area contributed by atoms with Gasteiger partial charge in [0.1, 0.15) is 0 Å². The molecule has 1 atom stereocenters. The Morgan fingerprint density at radius 2 is 2.06 bits per heavy atom. The lowest BCUT2D eigenvalue weighted by atomic mass is 10.1. The Balaban J connectivity index is 2.07. The van der Waals surface area contributed by atoms with Crippen molar-refractivity contribution in [2.45, 2.75) is 71.4 Å². The van der Waals surface area contributed by atoms with E-state index in [9.17, 15) is 0 Å². The van der Waals surface area contributed by atoms with Crippen molar-refractivity contribution in [2.24, 2.45) is 0 Å². The molecule has 1 N–H and O–H groups in total. The van der Waals surface area contributed by atoms with E-state index in [2.05, 4.69) is 33.0 Å². The zero-order chi connectivity index (χ0) is 12.4. The molecule has 0 aliphatic heterocycles. The molecule has 1 aliphatic rings. The Labute approximate surface area is 109 Å². The number of hydrogen-bond acceptors (Lipinski definition) is 3. The molecule has 1 heterocycles. The molecule has 0 amide bonds. The lowest BCUT2D eigenvalue weighted by molar-refractivity contribution is 0.534. The van der Waals surface area contributed by atoms with Crippen LogP contribution in [-0.2, 0) is 6.54 Å².